The highest BCUT2D eigenvalue weighted by Crippen LogP contribution is 2.70. The van der Waals surface area contributed by atoms with E-state index in [4.69, 9.17) is 18.9 Å². The number of aliphatic hydroxyl groups is 2. The van der Waals surface area contributed by atoms with Gasteiger partial charge in [0.2, 0.25) is 17.7 Å². The molecule has 11 atom stereocenters. The number of carboxylic acids is 1. The first kappa shape index (κ1) is 56.8. The third kappa shape index (κ3) is 11.1. The molecule has 4 aliphatic carbocycles. The zero-order valence-corrected chi connectivity index (χ0v) is 44.8. The number of aliphatic carboxylic acids is 1. The van der Waals surface area contributed by atoms with Gasteiger partial charge in [-0.25, -0.2) is 9.59 Å². The maximum absolute atomic E-state index is 14.0. The van der Waals surface area contributed by atoms with Gasteiger partial charge in [0.15, 0.2) is 23.5 Å². The molecule has 4 aliphatic heterocycles. The Labute approximate surface area is 465 Å². The predicted molar refractivity (Wildman–Crippen MR) is 279 cm³/mol. The number of hydroxylamine groups is 2. The minimum atomic E-state index is -1.45. The first-order chi connectivity index (χ1) is 38.6. The van der Waals surface area contributed by atoms with E-state index in [0.29, 0.717) is 43.8 Å². The number of carbonyl (C=O) groups excluding carboxylic acids is 9. The van der Waals surface area contributed by atoms with Crippen molar-refractivity contribution in [1.29, 1.82) is 0 Å². The van der Waals surface area contributed by atoms with E-state index in [9.17, 15) is 63.3 Å². The molecule has 430 valence electrons. The second-order valence-electron chi connectivity index (χ2n) is 23.1. The van der Waals surface area contributed by atoms with Gasteiger partial charge in [0.25, 0.3) is 11.8 Å². The average molecular weight is 1120 g/mol. The van der Waals surface area contributed by atoms with Crippen LogP contribution in [0.1, 0.15) is 94.6 Å². The normalized spacial score (nSPS) is 30.5. The molecule has 6 N–H and O–H groups in total. The Balaban J connectivity index is 0.653. The summed E-state index contributed by atoms with van der Waals surface area (Å²) in [5, 5.41) is 39.2. The molecule has 8 aliphatic rings. The zero-order chi connectivity index (χ0) is 57.6. The number of imide groups is 1. The van der Waals surface area contributed by atoms with E-state index < -0.39 is 127 Å². The van der Waals surface area contributed by atoms with Gasteiger partial charge in [-0.1, -0.05) is 67.0 Å². The largest absolute Gasteiger partial charge is 0.481 e. The number of fused-ring (bicyclic) bond motifs is 7. The summed E-state index contributed by atoms with van der Waals surface area (Å²) in [5.74, 6) is -6.88. The van der Waals surface area contributed by atoms with Gasteiger partial charge in [-0.05, 0) is 92.2 Å². The van der Waals surface area contributed by atoms with E-state index >= 15 is 0 Å². The van der Waals surface area contributed by atoms with Crippen molar-refractivity contribution in [1.82, 2.24) is 20.6 Å². The Hall–Kier alpha value is -7.44. The molecule has 23 heteroatoms. The van der Waals surface area contributed by atoms with E-state index in [1.165, 1.54) is 0 Å². The number of carboxylic acid groups (broad SMARTS) is 1. The Morgan fingerprint density at radius 2 is 1.59 bits per heavy atom. The molecule has 2 aromatic rings. The van der Waals surface area contributed by atoms with Gasteiger partial charge in [0, 0.05) is 71.5 Å². The molecule has 1 spiro atoms. The predicted octanol–water partition coefficient (Wildman–Crippen LogP) is 2.83. The number of allylic oxidation sites excluding steroid dienone is 4. The molecule has 2 aromatic carbocycles. The molecule has 0 radical (unpaired) electrons. The Morgan fingerprint density at radius 3 is 2.30 bits per heavy atom. The number of carbonyl (C=O) groups is 10. The van der Waals surface area contributed by atoms with Gasteiger partial charge in [0.05, 0.1) is 37.9 Å². The zero-order valence-electron chi connectivity index (χ0n) is 44.8. The van der Waals surface area contributed by atoms with Crippen molar-refractivity contribution in [2.24, 2.45) is 34.0 Å². The molecule has 10 rings (SSSR count). The standard InChI is InChI=1S/C58H65N5O18/c1-55-20-19-37(65)22-35(55)9-12-39-40-23-44-58(43(67)27-64,56(40,2)25-42(66)51(39)55)80-53(79-44)34-7-3-32(4-8-34)21-38-24-57(31-78-38)29-62(30-57)54(76)77-28-33-5-10-36(11-6-33)60-52(75)41(13-17-49(72)73)61-46(69)26-59-45(68)14-18-50(74)81-63-47(70)15-16-48(63)71/h3-8,10-11,15-16,19-20,22,38-42,44,51,53,64,66H,9,12-14,17-18,21,23-31H2,1-2H3,(H,59,68)(H,60,75)(H,61,69)(H,72,73)/t38?,39-,40-,41-,42-,44+,51+,53+,55-,56-,58+/m0/s1. The highest BCUT2D eigenvalue weighted by Gasteiger charge is 2.76. The van der Waals surface area contributed by atoms with Gasteiger partial charge in [-0.3, -0.25) is 38.4 Å². The number of likely N-dealkylation sites (tertiary alicyclic amines) is 1. The molecule has 6 fully saturated rings. The topological polar surface area (TPSA) is 320 Å². The van der Waals surface area contributed by atoms with E-state index in [-0.39, 0.29) is 59.6 Å². The number of benzene rings is 2. The van der Waals surface area contributed by atoms with Crippen LogP contribution < -0.4 is 16.0 Å². The van der Waals surface area contributed by atoms with Crippen LogP contribution in [-0.2, 0) is 80.0 Å². The number of rotatable bonds is 19. The molecule has 3 saturated carbocycles. The quantitative estimate of drug-likeness (QED) is 0.110. The number of hydrogen-bond acceptors (Lipinski definition) is 17. The third-order valence-corrected chi connectivity index (χ3v) is 18.0. The third-order valence-electron chi connectivity index (χ3n) is 18.0. The molecule has 0 aromatic heterocycles. The SMILES string of the molecule is C[C@]12C=CC(=O)C=C1CC[C@@H]1[C@@H]2[C@@H](O)C[C@@]2(C)[C@H]1C[C@H]1O[C@@H](c3ccc(CC4CC5(CO4)CN(C(=O)OCc4ccc(NC(=O)[C@H](CCC(=O)O)NC(=O)CNC(=O)CCC(=O)ON6C(=O)C=CC6=O)cc4)C5)cc3)O[C@]12C(=O)CO. The molecular formula is C58H65N5O18. The fourth-order valence-corrected chi connectivity index (χ4v) is 14.1. The summed E-state index contributed by atoms with van der Waals surface area (Å²) in [6.07, 6.45) is 6.20. The van der Waals surface area contributed by atoms with E-state index in [0.717, 1.165) is 48.1 Å². The number of nitrogens with zero attached hydrogens (tertiary/aromatic N) is 2. The molecule has 3 saturated heterocycles. The van der Waals surface area contributed by atoms with Crippen LogP contribution in [0.5, 0.6) is 0 Å². The first-order valence-electron chi connectivity index (χ1n) is 27.3. The smallest absolute Gasteiger partial charge is 0.410 e. The van der Waals surface area contributed by atoms with Gasteiger partial charge in [-0.2, -0.15) is 0 Å². The van der Waals surface area contributed by atoms with Crippen molar-refractivity contribution < 1.29 is 87.0 Å². The summed E-state index contributed by atoms with van der Waals surface area (Å²) >= 11 is 0. The summed E-state index contributed by atoms with van der Waals surface area (Å²) < 4.78 is 25.3. The number of Topliss-reactive ketones (excluding diaryl/α,β-unsaturated/α-hetero) is 1. The van der Waals surface area contributed by atoms with Crippen molar-refractivity contribution in [2.45, 2.75) is 121 Å². The average Bonchev–Trinajstić information content (AvgIpc) is 4.40. The van der Waals surface area contributed by atoms with Crippen LogP contribution in [0.15, 0.2) is 84.5 Å². The van der Waals surface area contributed by atoms with Crippen LogP contribution in [0.4, 0.5) is 10.5 Å². The number of nitrogens with one attached hydrogen (secondary N) is 3. The van der Waals surface area contributed by atoms with Gasteiger partial charge >= 0.3 is 18.0 Å². The van der Waals surface area contributed by atoms with Crippen molar-refractivity contribution in [2.75, 3.05) is 38.2 Å². The lowest BCUT2D eigenvalue weighted by molar-refractivity contribution is -0.201. The monoisotopic (exact) mass is 1120 g/mol. The second-order valence-corrected chi connectivity index (χ2v) is 23.1. The van der Waals surface area contributed by atoms with Crippen molar-refractivity contribution >= 4 is 64.8 Å². The Kier molecular flexibility index (Phi) is 15.8. The molecular weight excluding hydrogens is 1050 g/mol. The molecule has 1 unspecified atom stereocenters. The van der Waals surface area contributed by atoms with Gasteiger partial charge in [-0.15, -0.1) is 0 Å². The van der Waals surface area contributed by atoms with Crippen LogP contribution in [0.2, 0.25) is 0 Å². The summed E-state index contributed by atoms with van der Waals surface area (Å²) in [6, 6.07) is 12.8. The van der Waals surface area contributed by atoms with E-state index in [2.05, 4.69) is 27.7 Å². The molecule has 0 bridgehead atoms. The Bertz CT molecular complexity index is 2990. The minimum Gasteiger partial charge on any atom is -0.481 e. The lowest BCUT2D eigenvalue weighted by Gasteiger charge is -2.59. The highest BCUT2D eigenvalue weighted by molar-refractivity contribution is 6.12. The van der Waals surface area contributed by atoms with Crippen LogP contribution in [0, 0.1) is 34.0 Å². The van der Waals surface area contributed by atoms with Crippen LogP contribution >= 0.6 is 0 Å². The summed E-state index contributed by atoms with van der Waals surface area (Å²) in [5.41, 5.74) is 0.749. The summed E-state index contributed by atoms with van der Waals surface area (Å²) in [7, 11) is 0. The summed E-state index contributed by atoms with van der Waals surface area (Å²) in [4.78, 5) is 130. The maximum Gasteiger partial charge on any atom is 0.410 e. The molecule has 4 heterocycles. The lowest BCUT2D eigenvalue weighted by atomic mass is 9.46. The number of anilines is 1. The van der Waals surface area contributed by atoms with Crippen LogP contribution in [-0.4, -0.2) is 147 Å². The Morgan fingerprint density at radius 1 is 0.877 bits per heavy atom. The lowest BCUT2D eigenvalue weighted by Crippen LogP contribution is -2.63. The number of aliphatic hydroxyl groups excluding tert-OH is 2. The van der Waals surface area contributed by atoms with Gasteiger partial charge < -0.3 is 60.0 Å². The number of ether oxygens (including phenoxy) is 4. The highest BCUT2D eigenvalue weighted by atomic mass is 16.7. The minimum absolute atomic E-state index is 0.0163. The van der Waals surface area contributed by atoms with Crippen molar-refractivity contribution in [3.05, 3.63) is 101 Å². The van der Waals surface area contributed by atoms with E-state index in [1.54, 1.807) is 41.3 Å². The number of ketones is 2. The van der Waals surface area contributed by atoms with Crippen LogP contribution in [0.25, 0.3) is 0 Å². The first-order valence-corrected chi connectivity index (χ1v) is 27.3. The van der Waals surface area contributed by atoms with E-state index in [1.807, 2.05) is 37.3 Å². The second kappa shape index (κ2) is 22.5. The fraction of sp³-hybridized carbons (Fsp3) is 0.517. The summed E-state index contributed by atoms with van der Waals surface area (Å²) in [6.45, 7) is 4.11. The van der Waals surface area contributed by atoms with Crippen LogP contribution in [0.3, 0.4) is 0 Å². The van der Waals surface area contributed by atoms with Crippen molar-refractivity contribution in [3.63, 3.8) is 0 Å². The van der Waals surface area contributed by atoms with Gasteiger partial charge in [0.1, 0.15) is 19.3 Å². The molecule has 23 nitrogen and oxygen atoms in total. The fourth-order valence-electron chi connectivity index (χ4n) is 14.1. The maximum atomic E-state index is 14.0. The molecule has 81 heavy (non-hydrogen) atoms. The molecule has 6 amide bonds. The van der Waals surface area contributed by atoms with Crippen molar-refractivity contribution in [3.8, 4) is 0 Å². The number of hydrogen-bond donors (Lipinski definition) is 6. The number of amides is 6.